The molecule has 0 unspecified atom stereocenters. The fourth-order valence-corrected chi connectivity index (χ4v) is 4.26. The van der Waals surface area contributed by atoms with E-state index in [4.69, 9.17) is 33.3 Å². The third-order valence-corrected chi connectivity index (χ3v) is 7.05. The van der Waals surface area contributed by atoms with Gasteiger partial charge in [0.25, 0.3) is 0 Å². The van der Waals surface area contributed by atoms with Crippen LogP contribution in [0.3, 0.4) is 0 Å². The van der Waals surface area contributed by atoms with Crippen LogP contribution in [0.2, 0.25) is 0 Å². The molecule has 0 heterocycles. The lowest BCUT2D eigenvalue weighted by Crippen LogP contribution is -2.15. The van der Waals surface area contributed by atoms with Crippen LogP contribution in [0.15, 0.2) is 105 Å². The van der Waals surface area contributed by atoms with E-state index in [2.05, 4.69) is 24.6 Å². The van der Waals surface area contributed by atoms with Gasteiger partial charge in [-0.05, 0) is 105 Å². The van der Waals surface area contributed by atoms with Crippen LogP contribution < -0.4 is 19.1 Å². The van der Waals surface area contributed by atoms with Crippen molar-refractivity contribution in [3.63, 3.8) is 0 Å². The van der Waals surface area contributed by atoms with E-state index in [0.29, 0.717) is 31.8 Å². The summed E-state index contributed by atoms with van der Waals surface area (Å²) < 4.78 is 32.0. The molecule has 0 bridgehead atoms. The van der Waals surface area contributed by atoms with E-state index in [9.17, 15) is 28.8 Å². The molecule has 0 fully saturated rings. The first-order chi connectivity index (χ1) is 26.1. The largest absolute Gasteiger partial charge is 0.494 e. The molecule has 0 saturated heterocycles. The third kappa shape index (κ3) is 14.9. The van der Waals surface area contributed by atoms with Gasteiger partial charge in [-0.2, -0.15) is 0 Å². The average molecular weight is 745 g/mol. The monoisotopic (exact) mass is 744 g/mol. The Morgan fingerprint density at radius 2 is 0.963 bits per heavy atom. The van der Waals surface area contributed by atoms with Crippen LogP contribution in [-0.4, -0.2) is 62.2 Å². The van der Waals surface area contributed by atoms with Crippen LogP contribution in [-0.2, 0) is 33.5 Å². The molecule has 0 aromatic heterocycles. The number of carbonyl (C=O) groups is 6. The van der Waals surface area contributed by atoms with Crippen molar-refractivity contribution in [2.24, 2.45) is 0 Å². The number of hydrogen-bond donors (Lipinski definition) is 0. The lowest BCUT2D eigenvalue weighted by molar-refractivity contribution is -0.207. The molecule has 0 aliphatic heterocycles. The normalized spacial score (nSPS) is 10.1. The minimum Gasteiger partial charge on any atom is -0.494 e. The molecule has 3 aromatic carbocycles. The Balaban J connectivity index is 1.63. The van der Waals surface area contributed by atoms with Crippen LogP contribution in [0, 0.1) is 0 Å². The predicted octanol–water partition coefficient (Wildman–Crippen LogP) is 6.48. The Morgan fingerprint density at radius 3 is 1.54 bits per heavy atom. The first-order valence-electron chi connectivity index (χ1n) is 16.8. The van der Waals surface area contributed by atoms with Crippen molar-refractivity contribution in [1.82, 2.24) is 0 Å². The molecule has 0 aliphatic carbocycles. The minimum atomic E-state index is -0.865. The van der Waals surface area contributed by atoms with E-state index >= 15 is 0 Å². The minimum absolute atomic E-state index is 0.0506. The second-order valence-electron chi connectivity index (χ2n) is 11.0. The maximum Gasteiger partial charge on any atom is 0.378 e. The van der Waals surface area contributed by atoms with Gasteiger partial charge >= 0.3 is 35.8 Å². The smallest absolute Gasteiger partial charge is 0.378 e. The third-order valence-electron chi connectivity index (χ3n) is 7.05. The van der Waals surface area contributed by atoms with E-state index in [1.807, 2.05) is 0 Å². The number of hydrogen-bond acceptors (Lipinski definition) is 14. The summed E-state index contributed by atoms with van der Waals surface area (Å²) in [5.41, 5.74) is 0.0793. The van der Waals surface area contributed by atoms with Gasteiger partial charge in [-0.1, -0.05) is 19.7 Å². The number of carbonyl (C=O) groups excluding carboxylic acids is 6. The van der Waals surface area contributed by atoms with E-state index in [1.54, 1.807) is 12.1 Å². The summed E-state index contributed by atoms with van der Waals surface area (Å²) in [6.45, 7) is 10.8. The molecular formula is C40H40O14. The molecule has 54 heavy (non-hydrogen) atoms. The Kier molecular flexibility index (Phi) is 17.8. The SMILES string of the molecule is C=CC(=O)OCCCCCCOc1ccc(C(=O)Oc2ccc(OC(=O)c3ccc(OOC(=O)C=C)cc3)cc2C(=O)OCCCCOC(=O)C=C)cc1. The molecule has 0 amide bonds. The van der Waals surface area contributed by atoms with Gasteiger partial charge in [-0.25, -0.2) is 33.7 Å². The quantitative estimate of drug-likeness (QED) is 0.0196. The van der Waals surface area contributed by atoms with E-state index in [1.165, 1.54) is 54.6 Å². The molecular weight excluding hydrogens is 704 g/mol. The molecule has 3 aromatic rings. The summed E-state index contributed by atoms with van der Waals surface area (Å²) in [5, 5.41) is 0. The lowest BCUT2D eigenvalue weighted by atomic mass is 10.1. The first-order valence-corrected chi connectivity index (χ1v) is 16.8. The highest BCUT2D eigenvalue weighted by Crippen LogP contribution is 2.28. The lowest BCUT2D eigenvalue weighted by Gasteiger charge is -2.13. The topological polar surface area (TPSA) is 176 Å². The first kappa shape index (κ1) is 41.7. The van der Waals surface area contributed by atoms with Gasteiger partial charge in [-0.15, -0.1) is 0 Å². The van der Waals surface area contributed by atoms with E-state index in [-0.39, 0.29) is 47.2 Å². The highest BCUT2D eigenvalue weighted by atomic mass is 17.2. The Labute approximate surface area is 311 Å². The molecule has 14 nitrogen and oxygen atoms in total. The van der Waals surface area contributed by atoms with Crippen LogP contribution in [0.1, 0.15) is 69.6 Å². The summed E-state index contributed by atoms with van der Waals surface area (Å²) in [4.78, 5) is 82.0. The molecule has 0 N–H and O–H groups in total. The second-order valence-corrected chi connectivity index (χ2v) is 11.0. The second kappa shape index (κ2) is 23.0. The molecule has 0 radical (unpaired) electrons. The summed E-state index contributed by atoms with van der Waals surface area (Å²) in [6, 6.07) is 15.5. The van der Waals surface area contributed by atoms with E-state index < -0.39 is 35.8 Å². The Morgan fingerprint density at radius 1 is 0.481 bits per heavy atom. The molecule has 284 valence electrons. The van der Waals surface area contributed by atoms with Gasteiger partial charge < -0.3 is 28.4 Å². The average Bonchev–Trinajstić information content (AvgIpc) is 3.19. The fourth-order valence-electron chi connectivity index (χ4n) is 4.26. The number of rotatable bonds is 23. The number of benzene rings is 3. The van der Waals surface area contributed by atoms with Gasteiger partial charge in [0, 0.05) is 18.2 Å². The number of ether oxygens (including phenoxy) is 6. The Bertz CT molecular complexity index is 1780. The zero-order valence-corrected chi connectivity index (χ0v) is 29.5. The molecule has 0 saturated carbocycles. The van der Waals surface area contributed by atoms with Crippen LogP contribution in [0.5, 0.6) is 23.0 Å². The van der Waals surface area contributed by atoms with Crippen molar-refractivity contribution in [2.75, 3.05) is 26.4 Å². The molecule has 0 aliphatic rings. The van der Waals surface area contributed by atoms with Crippen LogP contribution in [0.4, 0.5) is 0 Å². The predicted molar refractivity (Wildman–Crippen MR) is 192 cm³/mol. The zero-order chi connectivity index (χ0) is 39.1. The highest BCUT2D eigenvalue weighted by Gasteiger charge is 2.21. The van der Waals surface area contributed by atoms with Gasteiger partial charge in [0.1, 0.15) is 22.8 Å². The Hall–Kier alpha value is -6.70. The summed E-state index contributed by atoms with van der Waals surface area (Å²) in [6.07, 6.45) is 7.11. The zero-order valence-electron chi connectivity index (χ0n) is 29.5. The maximum atomic E-state index is 13.2. The number of esters is 5. The summed E-state index contributed by atoms with van der Waals surface area (Å²) >= 11 is 0. The van der Waals surface area contributed by atoms with Crippen molar-refractivity contribution >= 4 is 35.8 Å². The van der Waals surface area contributed by atoms with Crippen molar-refractivity contribution < 1.29 is 67.0 Å². The molecule has 14 heteroatoms. The standard InChI is InChI=1S/C40H40O14/c1-4-35(41)48-24-10-8-7-9-23-47-30-17-13-29(14-18-30)39(45)52-34-22-21-32(27-33(34)40(46)50-26-12-11-25-49-36(42)5-2)51-38(44)28-15-19-31(20-16-28)53-54-37(43)6-3/h4-6,13-22,27H,1-3,7-12,23-26H2. The summed E-state index contributed by atoms with van der Waals surface area (Å²) in [5.74, 6) is -3.79. The van der Waals surface area contributed by atoms with Gasteiger partial charge in [-0.3, -0.25) is 4.89 Å². The molecule has 0 atom stereocenters. The van der Waals surface area contributed by atoms with Crippen molar-refractivity contribution in [3.05, 3.63) is 121 Å². The number of unbranched alkanes of at least 4 members (excludes halogenated alkanes) is 4. The van der Waals surface area contributed by atoms with Crippen molar-refractivity contribution in [3.8, 4) is 23.0 Å². The van der Waals surface area contributed by atoms with Crippen LogP contribution >= 0.6 is 0 Å². The van der Waals surface area contributed by atoms with Gasteiger partial charge in [0.05, 0.1) is 37.6 Å². The molecule has 3 rings (SSSR count). The fraction of sp³-hybridized carbons (Fsp3) is 0.250. The van der Waals surface area contributed by atoms with E-state index in [0.717, 1.165) is 43.9 Å². The van der Waals surface area contributed by atoms with Gasteiger partial charge in [0.2, 0.25) is 0 Å². The maximum absolute atomic E-state index is 13.2. The molecule has 0 spiro atoms. The summed E-state index contributed by atoms with van der Waals surface area (Å²) in [7, 11) is 0. The van der Waals surface area contributed by atoms with Crippen molar-refractivity contribution in [2.45, 2.75) is 38.5 Å². The van der Waals surface area contributed by atoms with Gasteiger partial charge in [0.15, 0.2) is 5.75 Å². The highest BCUT2D eigenvalue weighted by molar-refractivity contribution is 5.97. The van der Waals surface area contributed by atoms with Crippen LogP contribution in [0.25, 0.3) is 0 Å². The van der Waals surface area contributed by atoms with Crippen molar-refractivity contribution in [1.29, 1.82) is 0 Å².